The molecule has 2 N–H and O–H groups in total. The summed E-state index contributed by atoms with van der Waals surface area (Å²) in [5, 5.41) is 9.67. The number of likely N-dealkylation sites (N-methyl/N-ethyl adjacent to an activating group) is 1. The molecule has 0 unspecified atom stereocenters. The normalized spacial score (nSPS) is 10.4. The van der Waals surface area contributed by atoms with Crippen molar-refractivity contribution in [2.24, 2.45) is 0 Å². The number of anilines is 1. The van der Waals surface area contributed by atoms with Gasteiger partial charge < -0.3 is 15.4 Å². The fourth-order valence-electron chi connectivity index (χ4n) is 2.71. The highest BCUT2D eigenvalue weighted by molar-refractivity contribution is 6.05. The van der Waals surface area contributed by atoms with Gasteiger partial charge in [0.2, 0.25) is 0 Å². The highest BCUT2D eigenvalue weighted by Crippen LogP contribution is 2.19. The number of nitrogens with zero attached hydrogens (tertiary/aromatic N) is 2. The lowest BCUT2D eigenvalue weighted by Crippen LogP contribution is -2.28. The summed E-state index contributed by atoms with van der Waals surface area (Å²) < 4.78 is 20.1. The molecule has 150 valence electrons. The summed E-state index contributed by atoms with van der Waals surface area (Å²) in [5.74, 6) is -0.324. The molecule has 0 spiro atoms. The molecule has 29 heavy (non-hydrogen) atoms. The average Bonchev–Trinajstić information content (AvgIpc) is 3.10. The third-order valence-electron chi connectivity index (χ3n) is 4.18. The van der Waals surface area contributed by atoms with E-state index >= 15 is 0 Å². The van der Waals surface area contributed by atoms with Crippen LogP contribution in [0.4, 0.5) is 10.1 Å². The van der Waals surface area contributed by atoms with E-state index in [9.17, 15) is 14.0 Å². The van der Waals surface area contributed by atoms with Gasteiger partial charge in [-0.15, -0.1) is 0 Å². The van der Waals surface area contributed by atoms with Crippen molar-refractivity contribution in [3.63, 3.8) is 0 Å². The van der Waals surface area contributed by atoms with Crippen LogP contribution in [0.5, 0.6) is 5.75 Å². The molecule has 1 heterocycles. The number of hydrogen-bond donors (Lipinski definition) is 2. The Morgan fingerprint density at radius 2 is 1.79 bits per heavy atom. The maximum atomic E-state index is 13.1. The zero-order chi connectivity index (χ0) is 20.8. The fourth-order valence-corrected chi connectivity index (χ4v) is 2.71. The number of aromatic nitrogens is 2. The molecule has 7 nitrogen and oxygen atoms in total. The number of rotatable bonds is 7. The van der Waals surface area contributed by atoms with Gasteiger partial charge in [-0.25, -0.2) is 9.07 Å². The van der Waals surface area contributed by atoms with Gasteiger partial charge in [0.05, 0.1) is 23.1 Å². The Morgan fingerprint density at radius 1 is 1.10 bits per heavy atom. The highest BCUT2D eigenvalue weighted by atomic mass is 19.1. The lowest BCUT2D eigenvalue weighted by Gasteiger charge is -2.09. The van der Waals surface area contributed by atoms with Gasteiger partial charge >= 0.3 is 0 Å². The number of hydrogen-bond acceptors (Lipinski definition) is 4. The molecule has 0 saturated carbocycles. The number of nitrogens with one attached hydrogen (secondary N) is 2. The van der Waals surface area contributed by atoms with Crippen molar-refractivity contribution in [3.05, 3.63) is 71.8 Å². The Bertz CT molecular complexity index is 998. The van der Waals surface area contributed by atoms with Crippen LogP contribution in [0, 0.1) is 12.7 Å². The van der Waals surface area contributed by atoms with Gasteiger partial charge in [-0.3, -0.25) is 9.59 Å². The minimum Gasteiger partial charge on any atom is -0.484 e. The zero-order valence-corrected chi connectivity index (χ0v) is 16.1. The van der Waals surface area contributed by atoms with Crippen LogP contribution in [0.2, 0.25) is 0 Å². The van der Waals surface area contributed by atoms with E-state index in [-0.39, 0.29) is 24.2 Å². The topological polar surface area (TPSA) is 85.2 Å². The molecule has 0 aliphatic rings. The summed E-state index contributed by atoms with van der Waals surface area (Å²) in [7, 11) is 0. The molecule has 0 aliphatic carbocycles. The van der Waals surface area contributed by atoms with Crippen LogP contribution in [-0.4, -0.2) is 34.7 Å². The molecule has 3 aromatic rings. The molecule has 2 aromatic carbocycles. The van der Waals surface area contributed by atoms with Crippen LogP contribution in [0.25, 0.3) is 5.69 Å². The average molecular weight is 396 g/mol. The number of amides is 2. The number of carbonyl (C=O) groups excluding carboxylic acids is 2. The Morgan fingerprint density at radius 3 is 2.45 bits per heavy atom. The minimum absolute atomic E-state index is 0.0681. The maximum absolute atomic E-state index is 13.1. The second kappa shape index (κ2) is 9.01. The molecule has 0 aliphatic heterocycles. The van der Waals surface area contributed by atoms with Crippen LogP contribution in [0.15, 0.2) is 54.7 Å². The first-order chi connectivity index (χ1) is 14.0. The Balaban J connectivity index is 1.64. The van der Waals surface area contributed by atoms with Crippen molar-refractivity contribution in [2.45, 2.75) is 13.8 Å². The number of ether oxygens (including phenoxy) is 1. The first kappa shape index (κ1) is 20.1. The van der Waals surface area contributed by atoms with Crippen LogP contribution in [-0.2, 0) is 4.79 Å². The molecule has 0 atom stereocenters. The van der Waals surface area contributed by atoms with Gasteiger partial charge in [-0.1, -0.05) is 0 Å². The quantitative estimate of drug-likeness (QED) is 0.643. The van der Waals surface area contributed by atoms with E-state index in [4.69, 9.17) is 4.74 Å². The van der Waals surface area contributed by atoms with Crippen molar-refractivity contribution >= 4 is 17.5 Å². The predicted molar refractivity (Wildman–Crippen MR) is 107 cm³/mol. The monoisotopic (exact) mass is 396 g/mol. The Hall–Kier alpha value is -3.68. The van der Waals surface area contributed by atoms with Crippen molar-refractivity contribution in [1.82, 2.24) is 15.1 Å². The Labute approximate surface area is 167 Å². The van der Waals surface area contributed by atoms with Crippen LogP contribution >= 0.6 is 0 Å². The van der Waals surface area contributed by atoms with Gasteiger partial charge in [-0.05, 0) is 62.4 Å². The zero-order valence-electron chi connectivity index (χ0n) is 16.1. The van der Waals surface area contributed by atoms with E-state index in [2.05, 4.69) is 15.7 Å². The van der Waals surface area contributed by atoms with Gasteiger partial charge in [0.25, 0.3) is 11.8 Å². The highest BCUT2D eigenvalue weighted by Gasteiger charge is 2.15. The van der Waals surface area contributed by atoms with Crippen molar-refractivity contribution in [2.75, 3.05) is 18.5 Å². The molecule has 1 aromatic heterocycles. The van der Waals surface area contributed by atoms with Crippen LogP contribution < -0.4 is 15.4 Å². The molecule has 0 fully saturated rings. The smallest absolute Gasteiger partial charge is 0.259 e. The molecular weight excluding hydrogens is 375 g/mol. The van der Waals surface area contributed by atoms with E-state index < -0.39 is 0 Å². The molecule has 8 heteroatoms. The summed E-state index contributed by atoms with van der Waals surface area (Å²) in [4.78, 5) is 24.0. The van der Waals surface area contributed by atoms with Gasteiger partial charge in [0.15, 0.2) is 6.61 Å². The molecule has 0 saturated heterocycles. The second-order valence-electron chi connectivity index (χ2n) is 6.25. The number of halogens is 1. The van der Waals surface area contributed by atoms with E-state index in [1.807, 2.05) is 6.92 Å². The second-order valence-corrected chi connectivity index (χ2v) is 6.25. The maximum Gasteiger partial charge on any atom is 0.259 e. The summed E-state index contributed by atoms with van der Waals surface area (Å²) >= 11 is 0. The van der Waals surface area contributed by atoms with Crippen molar-refractivity contribution < 1.29 is 18.7 Å². The summed E-state index contributed by atoms with van der Waals surface area (Å²) in [6, 6.07) is 12.6. The Kier molecular flexibility index (Phi) is 6.23. The molecule has 3 rings (SSSR count). The molecule has 2 amide bonds. The molecule has 0 bridgehead atoms. The summed E-state index contributed by atoms with van der Waals surface area (Å²) in [6.07, 6.45) is 1.47. The largest absolute Gasteiger partial charge is 0.484 e. The van der Waals surface area contributed by atoms with E-state index in [1.165, 1.54) is 18.3 Å². The minimum atomic E-state index is -0.338. The fraction of sp³-hybridized carbons (Fsp3) is 0.190. The third-order valence-corrected chi connectivity index (χ3v) is 4.18. The summed E-state index contributed by atoms with van der Waals surface area (Å²) in [6.45, 7) is 4.08. The van der Waals surface area contributed by atoms with E-state index in [0.717, 1.165) is 0 Å². The predicted octanol–water partition coefficient (Wildman–Crippen LogP) is 3.09. The first-order valence-electron chi connectivity index (χ1n) is 9.09. The van der Waals surface area contributed by atoms with Crippen molar-refractivity contribution in [1.29, 1.82) is 0 Å². The van der Waals surface area contributed by atoms with E-state index in [0.29, 0.717) is 34.9 Å². The number of benzene rings is 2. The standard InChI is InChI=1S/C21H21FN4O3/c1-3-23-20(27)13-29-18-10-6-16(7-11-18)25-21(28)19-12-24-26(14(19)2)17-8-4-15(22)5-9-17/h4-12H,3,13H2,1-2H3,(H,23,27)(H,25,28). The number of carbonyl (C=O) groups is 2. The van der Waals surface area contributed by atoms with Gasteiger partial charge in [0.1, 0.15) is 11.6 Å². The molecule has 0 radical (unpaired) electrons. The lowest BCUT2D eigenvalue weighted by molar-refractivity contribution is -0.122. The third kappa shape index (κ3) is 4.98. The SMILES string of the molecule is CCNC(=O)COc1ccc(NC(=O)c2cnn(-c3ccc(F)cc3)c2C)cc1. The lowest BCUT2D eigenvalue weighted by atomic mass is 10.2. The molecular formula is C21H21FN4O3. The first-order valence-corrected chi connectivity index (χ1v) is 9.09. The van der Waals surface area contributed by atoms with Gasteiger partial charge in [0, 0.05) is 12.2 Å². The van der Waals surface area contributed by atoms with Crippen molar-refractivity contribution in [3.8, 4) is 11.4 Å². The van der Waals surface area contributed by atoms with Crippen LogP contribution in [0.3, 0.4) is 0 Å². The van der Waals surface area contributed by atoms with Crippen LogP contribution in [0.1, 0.15) is 23.0 Å². The van der Waals surface area contributed by atoms with E-state index in [1.54, 1.807) is 48.0 Å². The van der Waals surface area contributed by atoms with Gasteiger partial charge in [-0.2, -0.15) is 5.10 Å². The summed E-state index contributed by atoms with van der Waals surface area (Å²) in [5.41, 5.74) is 2.28.